The van der Waals surface area contributed by atoms with Crippen molar-refractivity contribution in [3.05, 3.63) is 44.3 Å². The van der Waals surface area contributed by atoms with Gasteiger partial charge >= 0.3 is 0 Å². The molecule has 96 valence electrons. The van der Waals surface area contributed by atoms with Crippen LogP contribution < -0.4 is 11.1 Å². The number of nitrogens with one attached hydrogen (secondary N) is 1. The van der Waals surface area contributed by atoms with Crippen molar-refractivity contribution in [1.82, 2.24) is 4.98 Å². The van der Waals surface area contributed by atoms with E-state index in [1.165, 1.54) is 6.07 Å². The highest BCUT2D eigenvalue weighted by Crippen LogP contribution is 2.31. The lowest BCUT2D eigenvalue weighted by molar-refractivity contribution is 1.31. The van der Waals surface area contributed by atoms with E-state index in [0.717, 1.165) is 4.47 Å². The number of rotatable bonds is 2. The number of aromatic nitrogens is 1. The molecule has 3 N–H and O–H groups in total. The van der Waals surface area contributed by atoms with Gasteiger partial charge in [-0.3, -0.25) is 0 Å². The molecule has 0 bridgehead atoms. The zero-order valence-electron chi connectivity index (χ0n) is 9.42. The maximum absolute atomic E-state index is 9.08. The van der Waals surface area contributed by atoms with Gasteiger partial charge in [-0.25, -0.2) is 4.98 Å². The molecular formula is C12H7BrCl2N4. The second kappa shape index (κ2) is 5.66. The number of benzene rings is 1. The van der Waals surface area contributed by atoms with Gasteiger partial charge in [-0.2, -0.15) is 5.26 Å². The molecule has 0 saturated heterocycles. The SMILES string of the molecule is N#Cc1cc(Br)ccc1Nc1nc(N)c(Cl)cc1Cl. The van der Waals surface area contributed by atoms with Crippen molar-refractivity contribution in [1.29, 1.82) is 5.26 Å². The first-order chi connectivity index (χ1) is 9.01. The van der Waals surface area contributed by atoms with Crippen LogP contribution >= 0.6 is 39.1 Å². The zero-order chi connectivity index (χ0) is 14.0. The average molecular weight is 358 g/mol. The van der Waals surface area contributed by atoms with E-state index >= 15 is 0 Å². The summed E-state index contributed by atoms with van der Waals surface area (Å²) >= 11 is 15.1. The van der Waals surface area contributed by atoms with Crippen LogP contribution in [0, 0.1) is 11.3 Å². The summed E-state index contributed by atoms with van der Waals surface area (Å²) in [6, 6.07) is 8.81. The molecule has 0 saturated carbocycles. The molecule has 2 aromatic rings. The van der Waals surface area contributed by atoms with Crippen molar-refractivity contribution < 1.29 is 0 Å². The highest BCUT2D eigenvalue weighted by atomic mass is 79.9. The Morgan fingerprint density at radius 3 is 2.68 bits per heavy atom. The fraction of sp³-hybridized carbons (Fsp3) is 0. The summed E-state index contributed by atoms with van der Waals surface area (Å²) in [5, 5.41) is 12.6. The molecule has 0 unspecified atom stereocenters. The summed E-state index contributed by atoms with van der Waals surface area (Å²) in [5.74, 6) is 0.520. The Bertz CT molecular complexity index is 682. The first kappa shape index (κ1) is 13.9. The van der Waals surface area contributed by atoms with E-state index in [1.807, 2.05) is 0 Å². The van der Waals surface area contributed by atoms with Crippen LogP contribution in [0.15, 0.2) is 28.7 Å². The van der Waals surface area contributed by atoms with Crippen LogP contribution in [0.25, 0.3) is 0 Å². The molecule has 0 spiro atoms. The predicted molar refractivity (Wildman–Crippen MR) is 80.8 cm³/mol. The third-order valence-electron chi connectivity index (χ3n) is 2.31. The quantitative estimate of drug-likeness (QED) is 0.837. The molecule has 0 atom stereocenters. The Labute approximate surface area is 128 Å². The maximum atomic E-state index is 9.08. The maximum Gasteiger partial charge on any atom is 0.151 e. The van der Waals surface area contributed by atoms with E-state index in [0.29, 0.717) is 22.1 Å². The van der Waals surface area contributed by atoms with Gasteiger partial charge in [0, 0.05) is 4.47 Å². The minimum atomic E-state index is 0.171. The summed E-state index contributed by atoms with van der Waals surface area (Å²) in [6.07, 6.45) is 0. The molecule has 0 aliphatic carbocycles. The molecule has 4 nitrogen and oxygen atoms in total. The van der Waals surface area contributed by atoms with Gasteiger partial charge in [0.05, 0.1) is 21.3 Å². The predicted octanol–water partition coefficient (Wildman–Crippen LogP) is 4.35. The Morgan fingerprint density at radius 2 is 2.00 bits per heavy atom. The van der Waals surface area contributed by atoms with Crippen LogP contribution in [0.5, 0.6) is 0 Å². The molecule has 0 aliphatic rings. The van der Waals surface area contributed by atoms with Gasteiger partial charge in [-0.15, -0.1) is 0 Å². The fourth-order valence-corrected chi connectivity index (χ4v) is 2.18. The van der Waals surface area contributed by atoms with E-state index in [9.17, 15) is 0 Å². The summed E-state index contributed by atoms with van der Waals surface area (Å²) in [7, 11) is 0. The fourth-order valence-electron chi connectivity index (χ4n) is 1.41. The molecule has 7 heteroatoms. The molecule has 19 heavy (non-hydrogen) atoms. The second-order valence-electron chi connectivity index (χ2n) is 3.61. The van der Waals surface area contributed by atoms with Gasteiger partial charge in [-0.1, -0.05) is 39.1 Å². The minimum absolute atomic E-state index is 0.171. The average Bonchev–Trinajstić information content (AvgIpc) is 2.37. The molecule has 1 aromatic carbocycles. The molecular weight excluding hydrogens is 351 g/mol. The Hall–Kier alpha value is -1.48. The number of nitrogens with two attached hydrogens (primary N) is 1. The van der Waals surface area contributed by atoms with Gasteiger partial charge in [0.1, 0.15) is 11.9 Å². The van der Waals surface area contributed by atoms with Crippen LogP contribution in [-0.4, -0.2) is 4.98 Å². The smallest absolute Gasteiger partial charge is 0.151 e. The molecule has 0 amide bonds. The lowest BCUT2D eigenvalue weighted by atomic mass is 10.2. The Balaban J connectivity index is 2.42. The van der Waals surface area contributed by atoms with Crippen molar-refractivity contribution in [2.24, 2.45) is 0 Å². The normalized spacial score (nSPS) is 10.0. The molecule has 0 radical (unpaired) electrons. The van der Waals surface area contributed by atoms with Crippen molar-refractivity contribution >= 4 is 56.5 Å². The van der Waals surface area contributed by atoms with Gasteiger partial charge < -0.3 is 11.1 Å². The van der Waals surface area contributed by atoms with E-state index < -0.39 is 0 Å². The van der Waals surface area contributed by atoms with Crippen LogP contribution in [0.2, 0.25) is 10.0 Å². The first-order valence-corrected chi connectivity index (χ1v) is 6.64. The van der Waals surface area contributed by atoms with Crippen LogP contribution in [-0.2, 0) is 0 Å². The number of hydrogen-bond donors (Lipinski definition) is 2. The standard InChI is InChI=1S/C12H7BrCl2N4/c13-7-1-2-10(6(3-7)5-16)18-12-9(15)4-8(14)11(17)19-12/h1-4H,(H3,17,18,19). The molecule has 2 rings (SSSR count). The summed E-state index contributed by atoms with van der Waals surface area (Å²) in [5.41, 5.74) is 6.67. The number of nitrogens with zero attached hydrogens (tertiary/aromatic N) is 2. The van der Waals surface area contributed by atoms with Crippen molar-refractivity contribution in [2.75, 3.05) is 11.1 Å². The number of halogens is 3. The van der Waals surface area contributed by atoms with E-state index in [-0.39, 0.29) is 10.8 Å². The highest BCUT2D eigenvalue weighted by molar-refractivity contribution is 9.10. The number of pyridine rings is 1. The van der Waals surface area contributed by atoms with E-state index in [4.69, 9.17) is 34.2 Å². The van der Waals surface area contributed by atoms with Crippen molar-refractivity contribution in [3.8, 4) is 6.07 Å². The number of anilines is 3. The van der Waals surface area contributed by atoms with Gasteiger partial charge in [0.2, 0.25) is 0 Å². The van der Waals surface area contributed by atoms with Crippen LogP contribution in [0.1, 0.15) is 5.56 Å². The Morgan fingerprint density at radius 1 is 1.26 bits per heavy atom. The van der Waals surface area contributed by atoms with E-state index in [1.54, 1.807) is 18.2 Å². The van der Waals surface area contributed by atoms with Gasteiger partial charge in [0.15, 0.2) is 5.82 Å². The lowest BCUT2D eigenvalue weighted by Gasteiger charge is -2.10. The summed E-state index contributed by atoms with van der Waals surface area (Å²) in [4.78, 5) is 4.05. The molecule has 0 fully saturated rings. The van der Waals surface area contributed by atoms with Crippen molar-refractivity contribution in [2.45, 2.75) is 0 Å². The first-order valence-electron chi connectivity index (χ1n) is 5.09. The molecule has 1 aromatic heterocycles. The third kappa shape index (κ3) is 3.10. The number of nitriles is 1. The van der Waals surface area contributed by atoms with E-state index in [2.05, 4.69) is 32.3 Å². The van der Waals surface area contributed by atoms with Crippen molar-refractivity contribution in [3.63, 3.8) is 0 Å². The second-order valence-corrected chi connectivity index (χ2v) is 5.34. The largest absolute Gasteiger partial charge is 0.382 e. The van der Waals surface area contributed by atoms with Crippen LogP contribution in [0.3, 0.4) is 0 Å². The minimum Gasteiger partial charge on any atom is -0.382 e. The molecule has 0 aliphatic heterocycles. The zero-order valence-corrected chi connectivity index (χ0v) is 12.5. The summed E-state index contributed by atoms with van der Waals surface area (Å²) < 4.78 is 0.810. The van der Waals surface area contributed by atoms with Gasteiger partial charge in [0.25, 0.3) is 0 Å². The lowest BCUT2D eigenvalue weighted by Crippen LogP contribution is -2.00. The third-order valence-corrected chi connectivity index (χ3v) is 3.40. The topological polar surface area (TPSA) is 74.7 Å². The summed E-state index contributed by atoms with van der Waals surface area (Å²) in [6.45, 7) is 0. The van der Waals surface area contributed by atoms with Crippen LogP contribution in [0.4, 0.5) is 17.3 Å². The molecule has 1 heterocycles. The Kier molecular flexibility index (Phi) is 4.15. The van der Waals surface area contributed by atoms with Gasteiger partial charge in [-0.05, 0) is 24.3 Å². The number of nitrogen functional groups attached to an aromatic ring is 1. The monoisotopic (exact) mass is 356 g/mol. The number of hydrogen-bond acceptors (Lipinski definition) is 4. The highest BCUT2D eigenvalue weighted by Gasteiger charge is 2.10.